The molecule has 1 aromatic heterocycles. The number of methoxy groups -OCH3 is 1. The minimum absolute atomic E-state index is 0.139. The maximum atomic E-state index is 12.4. The third-order valence-corrected chi connectivity index (χ3v) is 2.92. The number of ether oxygens (including phenoxy) is 1. The molecule has 0 amide bonds. The second-order valence-corrected chi connectivity index (χ2v) is 4.30. The number of halogens is 1. The normalized spacial score (nSPS) is 10.2. The van der Waals surface area contributed by atoms with Crippen molar-refractivity contribution in [2.24, 2.45) is 0 Å². The summed E-state index contributed by atoms with van der Waals surface area (Å²) in [6.07, 6.45) is 3.21. The zero-order valence-corrected chi connectivity index (χ0v) is 10.9. The quantitative estimate of drug-likeness (QED) is 0.796. The number of hydrogen-bond acceptors (Lipinski definition) is 3. The SMILES string of the molecule is COc1ccc(Cl)cc1C(=O)c1cnccc1C. The van der Waals surface area contributed by atoms with Gasteiger partial charge in [-0.25, -0.2) is 0 Å². The summed E-state index contributed by atoms with van der Waals surface area (Å²) in [6.45, 7) is 1.87. The van der Waals surface area contributed by atoms with Gasteiger partial charge in [0, 0.05) is 23.0 Å². The molecule has 0 aliphatic heterocycles. The largest absolute Gasteiger partial charge is 0.496 e. The lowest BCUT2D eigenvalue weighted by Gasteiger charge is -2.09. The fourth-order valence-electron chi connectivity index (χ4n) is 1.70. The Labute approximate surface area is 110 Å². The smallest absolute Gasteiger partial charge is 0.198 e. The van der Waals surface area contributed by atoms with E-state index in [0.717, 1.165) is 5.56 Å². The van der Waals surface area contributed by atoms with Crippen molar-refractivity contribution in [2.75, 3.05) is 7.11 Å². The van der Waals surface area contributed by atoms with Crippen LogP contribution in [0.1, 0.15) is 21.5 Å². The van der Waals surface area contributed by atoms with E-state index >= 15 is 0 Å². The van der Waals surface area contributed by atoms with Gasteiger partial charge in [0.15, 0.2) is 5.78 Å². The number of pyridine rings is 1. The van der Waals surface area contributed by atoms with Crippen LogP contribution in [-0.4, -0.2) is 17.9 Å². The molecule has 1 heterocycles. The summed E-state index contributed by atoms with van der Waals surface area (Å²) in [4.78, 5) is 16.4. The Morgan fingerprint density at radius 3 is 2.72 bits per heavy atom. The van der Waals surface area contributed by atoms with Crippen LogP contribution in [0, 0.1) is 6.92 Å². The number of carbonyl (C=O) groups is 1. The first-order valence-electron chi connectivity index (χ1n) is 5.42. The predicted molar refractivity (Wildman–Crippen MR) is 70.4 cm³/mol. The van der Waals surface area contributed by atoms with Gasteiger partial charge < -0.3 is 4.74 Å². The average molecular weight is 262 g/mol. The van der Waals surface area contributed by atoms with Crippen LogP contribution in [0.2, 0.25) is 5.02 Å². The molecule has 0 fully saturated rings. The summed E-state index contributed by atoms with van der Waals surface area (Å²) in [5.74, 6) is 0.368. The molecule has 18 heavy (non-hydrogen) atoms. The molecule has 0 spiro atoms. The van der Waals surface area contributed by atoms with Gasteiger partial charge in [0.1, 0.15) is 5.75 Å². The lowest BCUT2D eigenvalue weighted by atomic mass is 10.0. The summed E-state index contributed by atoms with van der Waals surface area (Å²) in [5, 5.41) is 0.501. The van der Waals surface area contributed by atoms with Gasteiger partial charge in [0.25, 0.3) is 0 Å². The molecule has 0 unspecified atom stereocenters. The first-order chi connectivity index (χ1) is 8.63. The van der Waals surface area contributed by atoms with E-state index in [2.05, 4.69) is 4.98 Å². The zero-order valence-electron chi connectivity index (χ0n) is 10.1. The summed E-state index contributed by atoms with van der Waals surface area (Å²) in [7, 11) is 1.52. The van der Waals surface area contributed by atoms with Crippen molar-refractivity contribution in [1.29, 1.82) is 0 Å². The molecule has 0 atom stereocenters. The standard InChI is InChI=1S/C14H12ClNO2/c1-9-5-6-16-8-12(9)14(17)11-7-10(15)3-4-13(11)18-2/h3-8H,1-2H3. The Morgan fingerprint density at radius 2 is 2.06 bits per heavy atom. The highest BCUT2D eigenvalue weighted by Crippen LogP contribution is 2.25. The number of ketones is 1. The molecule has 0 aliphatic carbocycles. The van der Waals surface area contributed by atoms with Gasteiger partial charge in [-0.1, -0.05) is 11.6 Å². The molecule has 4 heteroatoms. The van der Waals surface area contributed by atoms with Gasteiger partial charge in [0.05, 0.1) is 12.7 Å². The van der Waals surface area contributed by atoms with Crippen molar-refractivity contribution >= 4 is 17.4 Å². The van der Waals surface area contributed by atoms with Gasteiger partial charge >= 0.3 is 0 Å². The Hall–Kier alpha value is -1.87. The Morgan fingerprint density at radius 1 is 1.28 bits per heavy atom. The van der Waals surface area contributed by atoms with Crippen LogP contribution in [-0.2, 0) is 0 Å². The molecular formula is C14H12ClNO2. The van der Waals surface area contributed by atoms with E-state index in [4.69, 9.17) is 16.3 Å². The number of carbonyl (C=O) groups excluding carboxylic acids is 1. The molecule has 1 aromatic carbocycles. The van der Waals surface area contributed by atoms with Crippen molar-refractivity contribution in [3.05, 3.63) is 58.4 Å². The van der Waals surface area contributed by atoms with Gasteiger partial charge in [-0.3, -0.25) is 9.78 Å². The van der Waals surface area contributed by atoms with Crippen molar-refractivity contribution in [2.45, 2.75) is 6.92 Å². The van der Waals surface area contributed by atoms with Crippen molar-refractivity contribution < 1.29 is 9.53 Å². The number of aromatic nitrogens is 1. The molecule has 2 aromatic rings. The van der Waals surface area contributed by atoms with Gasteiger partial charge in [0.2, 0.25) is 0 Å². The fourth-order valence-corrected chi connectivity index (χ4v) is 1.88. The number of hydrogen-bond donors (Lipinski definition) is 0. The first-order valence-corrected chi connectivity index (χ1v) is 5.80. The van der Waals surface area contributed by atoms with Gasteiger partial charge in [-0.2, -0.15) is 0 Å². The van der Waals surface area contributed by atoms with Crippen LogP contribution >= 0.6 is 11.6 Å². The molecule has 0 bridgehead atoms. The predicted octanol–water partition coefficient (Wildman–Crippen LogP) is 3.28. The number of benzene rings is 1. The number of nitrogens with zero attached hydrogens (tertiary/aromatic N) is 1. The summed E-state index contributed by atoms with van der Waals surface area (Å²) in [6, 6.07) is 6.77. The van der Waals surface area contributed by atoms with Crippen LogP contribution in [0.25, 0.3) is 0 Å². The fraction of sp³-hybridized carbons (Fsp3) is 0.143. The first kappa shape index (κ1) is 12.6. The van der Waals surface area contributed by atoms with Crippen LogP contribution in [0.15, 0.2) is 36.7 Å². The number of rotatable bonds is 3. The van der Waals surface area contributed by atoms with Crippen molar-refractivity contribution in [3.8, 4) is 5.75 Å². The third-order valence-electron chi connectivity index (χ3n) is 2.69. The second-order valence-electron chi connectivity index (χ2n) is 3.86. The monoisotopic (exact) mass is 261 g/mol. The van der Waals surface area contributed by atoms with E-state index in [1.807, 2.05) is 6.92 Å². The van der Waals surface area contributed by atoms with E-state index < -0.39 is 0 Å². The van der Waals surface area contributed by atoms with Crippen molar-refractivity contribution in [3.63, 3.8) is 0 Å². The Bertz CT molecular complexity index is 596. The van der Waals surface area contributed by atoms with Crippen molar-refractivity contribution in [1.82, 2.24) is 4.98 Å². The van der Waals surface area contributed by atoms with E-state index in [1.165, 1.54) is 7.11 Å². The van der Waals surface area contributed by atoms with Crippen LogP contribution in [0.5, 0.6) is 5.75 Å². The molecule has 0 saturated carbocycles. The van der Waals surface area contributed by atoms with E-state index in [0.29, 0.717) is 21.9 Å². The average Bonchev–Trinajstić information content (AvgIpc) is 2.38. The second kappa shape index (κ2) is 5.19. The van der Waals surface area contributed by atoms with Gasteiger partial charge in [-0.05, 0) is 36.8 Å². The molecule has 3 nitrogen and oxygen atoms in total. The molecular weight excluding hydrogens is 250 g/mol. The third kappa shape index (κ3) is 2.36. The topological polar surface area (TPSA) is 39.2 Å². The van der Waals surface area contributed by atoms with Gasteiger partial charge in [-0.15, -0.1) is 0 Å². The van der Waals surface area contributed by atoms with E-state index in [1.54, 1.807) is 36.7 Å². The molecule has 92 valence electrons. The van der Waals surface area contributed by atoms with E-state index in [-0.39, 0.29) is 5.78 Å². The summed E-state index contributed by atoms with van der Waals surface area (Å²) in [5.41, 5.74) is 1.87. The van der Waals surface area contributed by atoms with E-state index in [9.17, 15) is 4.79 Å². The Balaban J connectivity index is 2.52. The molecule has 0 N–H and O–H groups in total. The summed E-state index contributed by atoms with van der Waals surface area (Å²) >= 11 is 5.92. The lowest BCUT2D eigenvalue weighted by Crippen LogP contribution is -2.06. The summed E-state index contributed by atoms with van der Waals surface area (Å²) < 4.78 is 5.18. The highest BCUT2D eigenvalue weighted by atomic mass is 35.5. The zero-order chi connectivity index (χ0) is 13.1. The van der Waals surface area contributed by atoms with Crippen LogP contribution < -0.4 is 4.74 Å². The maximum absolute atomic E-state index is 12.4. The number of aryl methyl sites for hydroxylation is 1. The molecule has 0 aliphatic rings. The minimum atomic E-state index is -0.139. The molecule has 0 saturated heterocycles. The Kier molecular flexibility index (Phi) is 3.63. The highest BCUT2D eigenvalue weighted by Gasteiger charge is 2.16. The molecule has 2 rings (SSSR count). The minimum Gasteiger partial charge on any atom is -0.496 e. The highest BCUT2D eigenvalue weighted by molar-refractivity contribution is 6.31. The van der Waals surface area contributed by atoms with Crippen LogP contribution in [0.4, 0.5) is 0 Å². The lowest BCUT2D eigenvalue weighted by molar-refractivity contribution is 0.103. The molecule has 0 radical (unpaired) electrons. The van der Waals surface area contributed by atoms with Crippen LogP contribution in [0.3, 0.4) is 0 Å². The maximum Gasteiger partial charge on any atom is 0.198 e.